The molecule has 1 N–H and O–H groups in total. The number of carbonyl (C=O) groups excluding carboxylic acids is 2. The summed E-state index contributed by atoms with van der Waals surface area (Å²) in [6.45, 7) is 0. The number of hydrogen-bond donors (Lipinski definition) is 1. The molecule has 2 rings (SSSR count). The zero-order valence-electron chi connectivity index (χ0n) is 12.7. The van der Waals surface area contributed by atoms with Gasteiger partial charge in [0.15, 0.2) is 0 Å². The highest BCUT2D eigenvalue weighted by Crippen LogP contribution is 2.19. The lowest BCUT2D eigenvalue weighted by molar-refractivity contribution is -0.139. The molecule has 0 aliphatic heterocycles. The maximum atomic E-state index is 12.0. The van der Waals surface area contributed by atoms with Crippen molar-refractivity contribution < 1.29 is 19.1 Å². The Kier molecular flexibility index (Phi) is 5.36. The van der Waals surface area contributed by atoms with Gasteiger partial charge in [-0.15, -0.1) is 0 Å². The summed E-state index contributed by atoms with van der Waals surface area (Å²) in [5.74, 6) is -0.843. The summed E-state index contributed by atoms with van der Waals surface area (Å²) in [6, 6.07) is 10.0. The molecule has 5 heteroatoms. The molecular formula is C17H19NO4. The Morgan fingerprint density at radius 1 is 1.05 bits per heavy atom. The average Bonchev–Trinajstić information content (AvgIpc) is 2.95. The predicted molar refractivity (Wildman–Crippen MR) is 81.7 cm³/mol. The largest absolute Gasteiger partial charge is 0.469 e. The van der Waals surface area contributed by atoms with Gasteiger partial charge in [-0.2, -0.15) is 0 Å². The molecule has 0 saturated carbocycles. The minimum absolute atomic E-state index is 0.0201. The summed E-state index contributed by atoms with van der Waals surface area (Å²) in [6.07, 6.45) is 3.27. The molecule has 0 spiro atoms. The van der Waals surface area contributed by atoms with Crippen molar-refractivity contribution in [2.24, 2.45) is 0 Å². The van der Waals surface area contributed by atoms with E-state index in [0.717, 1.165) is 12.0 Å². The highest BCUT2D eigenvalue weighted by atomic mass is 16.5. The first-order valence-electron chi connectivity index (χ1n) is 7.04. The normalized spacial score (nSPS) is 10.3. The van der Waals surface area contributed by atoms with E-state index in [2.05, 4.69) is 9.72 Å². The fourth-order valence-electron chi connectivity index (χ4n) is 2.35. The fourth-order valence-corrected chi connectivity index (χ4v) is 2.35. The number of rotatable bonds is 6. The van der Waals surface area contributed by atoms with Crippen LogP contribution < -0.4 is 0 Å². The average molecular weight is 301 g/mol. The summed E-state index contributed by atoms with van der Waals surface area (Å²) >= 11 is 0. The van der Waals surface area contributed by atoms with Crippen LogP contribution in [0.2, 0.25) is 0 Å². The van der Waals surface area contributed by atoms with Crippen LogP contribution in [-0.4, -0.2) is 31.1 Å². The quantitative estimate of drug-likeness (QED) is 0.831. The van der Waals surface area contributed by atoms with E-state index in [1.54, 1.807) is 6.20 Å². The van der Waals surface area contributed by atoms with E-state index >= 15 is 0 Å². The summed E-state index contributed by atoms with van der Waals surface area (Å²) < 4.78 is 9.48. The third kappa shape index (κ3) is 3.75. The SMILES string of the molecule is COC(=O)Cc1[nH]cc(CCc2ccccc2)c1C(=O)OC. The third-order valence-corrected chi connectivity index (χ3v) is 3.51. The standard InChI is InChI=1S/C17H19NO4/c1-21-15(19)10-14-16(17(20)22-2)13(11-18-14)9-8-12-6-4-3-5-7-12/h3-7,11,18H,8-10H2,1-2H3. The van der Waals surface area contributed by atoms with Crippen LogP contribution in [0.15, 0.2) is 36.5 Å². The molecule has 2 aromatic rings. The third-order valence-electron chi connectivity index (χ3n) is 3.51. The van der Waals surface area contributed by atoms with Crippen LogP contribution in [0.3, 0.4) is 0 Å². The molecule has 0 radical (unpaired) electrons. The van der Waals surface area contributed by atoms with Gasteiger partial charge in [-0.05, 0) is 24.0 Å². The lowest BCUT2D eigenvalue weighted by Gasteiger charge is -2.06. The van der Waals surface area contributed by atoms with Gasteiger partial charge in [0, 0.05) is 11.9 Å². The Hall–Kier alpha value is -2.56. The molecule has 116 valence electrons. The molecule has 0 unspecified atom stereocenters. The van der Waals surface area contributed by atoms with E-state index in [-0.39, 0.29) is 6.42 Å². The first-order chi connectivity index (χ1) is 10.7. The number of benzene rings is 1. The Balaban J connectivity index is 2.19. The second kappa shape index (κ2) is 7.45. The maximum absolute atomic E-state index is 12.0. The molecule has 1 aromatic carbocycles. The molecule has 1 heterocycles. The van der Waals surface area contributed by atoms with Gasteiger partial charge in [-0.25, -0.2) is 4.79 Å². The van der Waals surface area contributed by atoms with Crippen molar-refractivity contribution in [3.63, 3.8) is 0 Å². The number of aryl methyl sites for hydroxylation is 2. The van der Waals surface area contributed by atoms with Gasteiger partial charge in [0.25, 0.3) is 0 Å². The van der Waals surface area contributed by atoms with Crippen LogP contribution in [0.25, 0.3) is 0 Å². The van der Waals surface area contributed by atoms with Gasteiger partial charge in [0.1, 0.15) is 0 Å². The number of hydrogen-bond acceptors (Lipinski definition) is 4. The van der Waals surface area contributed by atoms with Crippen molar-refractivity contribution in [2.75, 3.05) is 14.2 Å². The number of methoxy groups -OCH3 is 2. The van der Waals surface area contributed by atoms with Crippen molar-refractivity contribution >= 4 is 11.9 Å². The number of nitrogens with one attached hydrogen (secondary N) is 1. The molecular weight excluding hydrogens is 282 g/mol. The molecule has 22 heavy (non-hydrogen) atoms. The van der Waals surface area contributed by atoms with Gasteiger partial charge < -0.3 is 14.5 Å². The number of aromatic amines is 1. The van der Waals surface area contributed by atoms with Gasteiger partial charge in [-0.3, -0.25) is 4.79 Å². The smallest absolute Gasteiger partial charge is 0.339 e. The van der Waals surface area contributed by atoms with Crippen molar-refractivity contribution in [3.8, 4) is 0 Å². The van der Waals surface area contributed by atoms with Crippen LogP contribution in [0.5, 0.6) is 0 Å². The number of carbonyl (C=O) groups is 2. The van der Waals surface area contributed by atoms with E-state index in [0.29, 0.717) is 17.7 Å². The van der Waals surface area contributed by atoms with Crippen LogP contribution in [0, 0.1) is 0 Å². The Morgan fingerprint density at radius 2 is 1.77 bits per heavy atom. The van der Waals surface area contributed by atoms with Gasteiger partial charge in [-0.1, -0.05) is 30.3 Å². The van der Waals surface area contributed by atoms with E-state index in [1.165, 1.54) is 19.8 Å². The lowest BCUT2D eigenvalue weighted by atomic mass is 10.0. The summed E-state index contributed by atoms with van der Waals surface area (Å²) in [5, 5.41) is 0. The van der Waals surface area contributed by atoms with Crippen molar-refractivity contribution in [2.45, 2.75) is 19.3 Å². The Labute approximate surface area is 129 Å². The second-order valence-electron chi connectivity index (χ2n) is 4.90. The van der Waals surface area contributed by atoms with E-state index < -0.39 is 11.9 Å². The summed E-state index contributed by atoms with van der Waals surface area (Å²) in [7, 11) is 2.65. The summed E-state index contributed by atoms with van der Waals surface area (Å²) in [5.41, 5.74) is 2.99. The van der Waals surface area contributed by atoms with Gasteiger partial charge in [0.05, 0.1) is 26.2 Å². The lowest BCUT2D eigenvalue weighted by Crippen LogP contribution is -2.12. The first kappa shape index (κ1) is 15.8. The van der Waals surface area contributed by atoms with Crippen LogP contribution in [0.1, 0.15) is 27.2 Å². The molecule has 0 aliphatic rings. The molecule has 0 fully saturated rings. The summed E-state index contributed by atoms with van der Waals surface area (Å²) in [4.78, 5) is 26.4. The van der Waals surface area contributed by atoms with Crippen molar-refractivity contribution in [1.29, 1.82) is 0 Å². The predicted octanol–water partition coefficient (Wildman–Crippen LogP) is 2.30. The van der Waals surface area contributed by atoms with Crippen LogP contribution in [-0.2, 0) is 33.5 Å². The zero-order chi connectivity index (χ0) is 15.9. The van der Waals surface area contributed by atoms with Crippen LogP contribution >= 0.6 is 0 Å². The Bertz CT molecular complexity index is 646. The van der Waals surface area contributed by atoms with Crippen molar-refractivity contribution in [1.82, 2.24) is 4.98 Å². The number of aromatic nitrogens is 1. The Morgan fingerprint density at radius 3 is 2.41 bits per heavy atom. The number of esters is 2. The highest BCUT2D eigenvalue weighted by Gasteiger charge is 2.21. The van der Waals surface area contributed by atoms with Crippen molar-refractivity contribution in [3.05, 3.63) is 58.9 Å². The minimum atomic E-state index is -0.441. The van der Waals surface area contributed by atoms with E-state index in [4.69, 9.17) is 4.74 Å². The molecule has 5 nitrogen and oxygen atoms in total. The first-order valence-corrected chi connectivity index (χ1v) is 7.04. The van der Waals surface area contributed by atoms with Crippen LogP contribution in [0.4, 0.5) is 0 Å². The monoisotopic (exact) mass is 301 g/mol. The highest BCUT2D eigenvalue weighted by molar-refractivity contribution is 5.93. The molecule has 1 aromatic heterocycles. The van der Waals surface area contributed by atoms with Gasteiger partial charge in [0.2, 0.25) is 0 Å². The van der Waals surface area contributed by atoms with E-state index in [1.807, 2.05) is 30.3 Å². The topological polar surface area (TPSA) is 68.4 Å². The zero-order valence-corrected chi connectivity index (χ0v) is 12.7. The molecule has 0 aliphatic carbocycles. The van der Waals surface area contributed by atoms with E-state index in [9.17, 15) is 9.59 Å². The number of H-pyrrole nitrogens is 1. The molecule has 0 saturated heterocycles. The van der Waals surface area contributed by atoms with Gasteiger partial charge >= 0.3 is 11.9 Å². The maximum Gasteiger partial charge on any atom is 0.339 e. The molecule has 0 bridgehead atoms. The number of ether oxygens (including phenoxy) is 2. The molecule has 0 atom stereocenters. The molecule has 0 amide bonds. The fraction of sp³-hybridized carbons (Fsp3) is 0.294. The minimum Gasteiger partial charge on any atom is -0.469 e. The second-order valence-corrected chi connectivity index (χ2v) is 4.90.